The number of hydrogen-bond acceptors (Lipinski definition) is 7. The van der Waals surface area contributed by atoms with Crippen LogP contribution in [0.15, 0.2) is 48.8 Å². The highest BCUT2D eigenvalue weighted by molar-refractivity contribution is 5.75. The molecule has 1 amide bonds. The smallest absolute Gasteiger partial charge is 0.407 e. The number of methoxy groups -OCH3 is 1. The van der Waals surface area contributed by atoms with E-state index in [0.717, 1.165) is 28.1 Å². The number of rotatable bonds is 6. The summed E-state index contributed by atoms with van der Waals surface area (Å²) in [7, 11) is 3.39. The van der Waals surface area contributed by atoms with Crippen LogP contribution >= 0.6 is 0 Å². The lowest BCUT2D eigenvalue weighted by Gasteiger charge is -2.46. The standard InChI is InChI=1S/C28H34N6O3/c1-28(2,3)24-18-33(14-15-34(24)27(35)36)22-10-7-19(8-11-22)6-9-20-16-21(17-31-25(20)37-5)23-12-13-30-26(29-4)32-23/h6-13,16-17,24H,14-15,18H2,1-5H3,(H,35,36)(H,29,30,32). The average molecular weight is 503 g/mol. The molecule has 0 radical (unpaired) electrons. The number of pyridine rings is 1. The molecule has 194 valence electrons. The molecule has 4 rings (SSSR count). The molecule has 9 nitrogen and oxygen atoms in total. The number of amides is 1. The van der Waals surface area contributed by atoms with Gasteiger partial charge in [0.05, 0.1) is 18.8 Å². The SMILES string of the molecule is CNc1nccc(-c2cnc(OC)c(C=Cc3ccc(N4CCN(C(=O)O)C(C(C)(C)C)C4)cc3)c2)n1. The molecule has 1 aliphatic rings. The van der Waals surface area contributed by atoms with Gasteiger partial charge in [-0.3, -0.25) is 0 Å². The number of aromatic nitrogens is 3. The molecule has 0 saturated carbocycles. The van der Waals surface area contributed by atoms with Crippen LogP contribution in [0.1, 0.15) is 31.9 Å². The Bertz CT molecular complexity index is 1270. The second-order valence-electron chi connectivity index (χ2n) is 10.1. The molecule has 1 aliphatic heterocycles. The highest BCUT2D eigenvalue weighted by Crippen LogP contribution is 2.31. The summed E-state index contributed by atoms with van der Waals surface area (Å²) in [6.07, 6.45) is 6.59. The topological polar surface area (TPSA) is 104 Å². The fourth-order valence-corrected chi connectivity index (χ4v) is 4.51. The largest absolute Gasteiger partial charge is 0.481 e. The first-order chi connectivity index (χ1) is 17.7. The van der Waals surface area contributed by atoms with Gasteiger partial charge in [-0.1, -0.05) is 39.0 Å². The first-order valence-corrected chi connectivity index (χ1v) is 12.3. The Morgan fingerprint density at radius 2 is 1.89 bits per heavy atom. The van der Waals surface area contributed by atoms with E-state index in [-0.39, 0.29) is 11.5 Å². The molecule has 9 heteroatoms. The van der Waals surface area contributed by atoms with Crippen LogP contribution < -0.4 is 15.0 Å². The molecule has 1 aromatic carbocycles. The number of benzene rings is 1. The van der Waals surface area contributed by atoms with Crippen molar-refractivity contribution in [2.24, 2.45) is 5.41 Å². The predicted molar refractivity (Wildman–Crippen MR) is 147 cm³/mol. The number of carboxylic acid groups (broad SMARTS) is 1. The third kappa shape index (κ3) is 5.99. The van der Waals surface area contributed by atoms with Gasteiger partial charge in [-0.15, -0.1) is 0 Å². The molecule has 2 N–H and O–H groups in total. The van der Waals surface area contributed by atoms with Gasteiger partial charge < -0.3 is 25.0 Å². The van der Waals surface area contributed by atoms with Crippen molar-refractivity contribution in [3.05, 3.63) is 59.9 Å². The summed E-state index contributed by atoms with van der Waals surface area (Å²) in [6.45, 7) is 8.10. The highest BCUT2D eigenvalue weighted by atomic mass is 16.5. The van der Waals surface area contributed by atoms with Gasteiger partial charge in [-0.2, -0.15) is 0 Å². The number of piperazine rings is 1. The van der Waals surface area contributed by atoms with Crippen molar-refractivity contribution in [2.75, 3.05) is 44.0 Å². The van der Waals surface area contributed by atoms with E-state index in [1.807, 2.05) is 24.3 Å². The summed E-state index contributed by atoms with van der Waals surface area (Å²) in [6, 6.07) is 12.1. The molecule has 0 spiro atoms. The number of ether oxygens (including phenoxy) is 1. The van der Waals surface area contributed by atoms with Gasteiger partial charge in [0.25, 0.3) is 0 Å². The lowest BCUT2D eigenvalue weighted by atomic mass is 9.84. The Morgan fingerprint density at radius 1 is 1.14 bits per heavy atom. The lowest BCUT2D eigenvalue weighted by molar-refractivity contribution is 0.0748. The quantitative estimate of drug-likeness (QED) is 0.487. The van der Waals surface area contributed by atoms with E-state index in [9.17, 15) is 9.90 Å². The van der Waals surface area contributed by atoms with Gasteiger partial charge in [0.1, 0.15) is 0 Å². The van der Waals surface area contributed by atoms with Crippen LogP contribution in [0.3, 0.4) is 0 Å². The van der Waals surface area contributed by atoms with Gasteiger partial charge in [0.15, 0.2) is 0 Å². The van der Waals surface area contributed by atoms with Crippen molar-refractivity contribution >= 4 is 29.9 Å². The van der Waals surface area contributed by atoms with Crippen LogP contribution in [0.2, 0.25) is 0 Å². The van der Waals surface area contributed by atoms with E-state index in [0.29, 0.717) is 31.5 Å². The van der Waals surface area contributed by atoms with E-state index in [2.05, 4.69) is 70.2 Å². The van der Waals surface area contributed by atoms with Crippen LogP contribution in [0.4, 0.5) is 16.4 Å². The maximum absolute atomic E-state index is 11.7. The minimum absolute atomic E-state index is 0.0790. The number of anilines is 2. The minimum atomic E-state index is -0.851. The Kier molecular flexibility index (Phi) is 7.61. The van der Waals surface area contributed by atoms with E-state index in [1.54, 1.807) is 31.5 Å². The van der Waals surface area contributed by atoms with Crippen molar-refractivity contribution in [3.8, 4) is 17.1 Å². The van der Waals surface area contributed by atoms with Gasteiger partial charge in [0.2, 0.25) is 11.8 Å². The van der Waals surface area contributed by atoms with Crippen LogP contribution in [0.5, 0.6) is 5.88 Å². The van der Waals surface area contributed by atoms with Crippen LogP contribution in [-0.4, -0.2) is 70.9 Å². The zero-order chi connectivity index (χ0) is 26.6. The van der Waals surface area contributed by atoms with E-state index < -0.39 is 6.09 Å². The predicted octanol–water partition coefficient (Wildman–Crippen LogP) is 4.97. The molecule has 1 atom stereocenters. The molecule has 1 saturated heterocycles. The average Bonchev–Trinajstić information content (AvgIpc) is 2.91. The monoisotopic (exact) mass is 502 g/mol. The Hall–Kier alpha value is -4.14. The third-order valence-corrected chi connectivity index (χ3v) is 6.59. The number of nitrogens with zero attached hydrogens (tertiary/aromatic N) is 5. The second-order valence-corrected chi connectivity index (χ2v) is 10.1. The molecule has 0 bridgehead atoms. The van der Waals surface area contributed by atoms with Crippen LogP contribution in [-0.2, 0) is 0 Å². The maximum Gasteiger partial charge on any atom is 0.407 e. The van der Waals surface area contributed by atoms with Gasteiger partial charge in [-0.05, 0) is 41.3 Å². The van der Waals surface area contributed by atoms with Gasteiger partial charge in [0, 0.05) is 55.9 Å². The van der Waals surface area contributed by atoms with Crippen molar-refractivity contribution in [3.63, 3.8) is 0 Å². The molecule has 0 aliphatic carbocycles. The maximum atomic E-state index is 11.7. The van der Waals surface area contributed by atoms with Crippen LogP contribution in [0, 0.1) is 5.41 Å². The molecule has 1 unspecified atom stereocenters. The van der Waals surface area contributed by atoms with E-state index in [4.69, 9.17) is 4.74 Å². The summed E-state index contributed by atoms with van der Waals surface area (Å²) in [5, 5.41) is 12.6. The summed E-state index contributed by atoms with van der Waals surface area (Å²) >= 11 is 0. The van der Waals surface area contributed by atoms with Crippen molar-refractivity contribution in [2.45, 2.75) is 26.8 Å². The zero-order valence-corrected chi connectivity index (χ0v) is 22.0. The lowest BCUT2D eigenvalue weighted by Crippen LogP contribution is -2.59. The van der Waals surface area contributed by atoms with Crippen molar-refractivity contribution in [1.29, 1.82) is 0 Å². The molecule has 2 aromatic heterocycles. The third-order valence-electron chi connectivity index (χ3n) is 6.59. The Labute approximate surface area is 217 Å². The molecular formula is C28H34N6O3. The summed E-state index contributed by atoms with van der Waals surface area (Å²) in [5.74, 6) is 1.08. The number of carbonyl (C=O) groups is 1. The first-order valence-electron chi connectivity index (χ1n) is 12.3. The second kappa shape index (κ2) is 10.9. The van der Waals surface area contributed by atoms with E-state index in [1.165, 1.54) is 0 Å². The van der Waals surface area contributed by atoms with Gasteiger partial charge >= 0.3 is 6.09 Å². The van der Waals surface area contributed by atoms with Crippen molar-refractivity contribution < 1.29 is 14.6 Å². The highest BCUT2D eigenvalue weighted by Gasteiger charge is 2.38. The van der Waals surface area contributed by atoms with E-state index >= 15 is 0 Å². The molecule has 37 heavy (non-hydrogen) atoms. The Balaban J connectivity index is 1.52. The first kappa shape index (κ1) is 25.9. The number of hydrogen-bond donors (Lipinski definition) is 2. The fraction of sp³-hybridized carbons (Fsp3) is 0.357. The molecule has 3 aromatic rings. The summed E-state index contributed by atoms with van der Waals surface area (Å²) in [5.41, 5.74) is 4.44. The number of nitrogens with one attached hydrogen (secondary N) is 1. The minimum Gasteiger partial charge on any atom is -0.481 e. The Morgan fingerprint density at radius 3 is 2.54 bits per heavy atom. The van der Waals surface area contributed by atoms with Gasteiger partial charge in [-0.25, -0.2) is 19.7 Å². The summed E-state index contributed by atoms with van der Waals surface area (Å²) < 4.78 is 5.47. The van der Waals surface area contributed by atoms with Crippen molar-refractivity contribution in [1.82, 2.24) is 19.9 Å². The molecule has 1 fully saturated rings. The summed E-state index contributed by atoms with van der Waals surface area (Å²) in [4.78, 5) is 28.7. The normalized spacial score (nSPS) is 16.2. The zero-order valence-electron chi connectivity index (χ0n) is 22.0. The van der Waals surface area contributed by atoms with Crippen LogP contribution in [0.25, 0.3) is 23.4 Å². The molecular weight excluding hydrogens is 468 g/mol. The fourth-order valence-electron chi connectivity index (χ4n) is 4.51. The molecule has 3 heterocycles.